The first-order chi connectivity index (χ1) is 10.8. The predicted molar refractivity (Wildman–Crippen MR) is 78.1 cm³/mol. The van der Waals surface area contributed by atoms with Gasteiger partial charge in [-0.2, -0.15) is 4.98 Å². The highest BCUT2D eigenvalue weighted by atomic mass is 31.2. The third-order valence-electron chi connectivity index (χ3n) is 4.19. The van der Waals surface area contributed by atoms with Crippen molar-refractivity contribution in [2.24, 2.45) is 5.92 Å². The molecule has 0 aliphatic carbocycles. The van der Waals surface area contributed by atoms with Crippen LogP contribution in [0.4, 0.5) is 11.8 Å². The molecule has 4 rings (SSSR count). The molecular weight excluding hydrogens is 327 g/mol. The minimum Gasteiger partial charge on any atom is -0.369 e. The first-order valence-corrected chi connectivity index (χ1v) is 9.08. The lowest BCUT2D eigenvalue weighted by Gasteiger charge is -2.45. The lowest BCUT2D eigenvalue weighted by Crippen LogP contribution is -2.59. The number of ketones is 1. The topological polar surface area (TPSA) is 146 Å². The van der Waals surface area contributed by atoms with Crippen LogP contribution in [0.2, 0.25) is 0 Å². The summed E-state index contributed by atoms with van der Waals surface area (Å²) in [4.78, 5) is 31.1. The Morgan fingerprint density at radius 3 is 2.96 bits per heavy atom. The number of nitrogen functional groups attached to an aromatic ring is 1. The lowest BCUT2D eigenvalue weighted by molar-refractivity contribution is -0.176. The summed E-state index contributed by atoms with van der Waals surface area (Å²) < 4.78 is 28.1. The zero-order valence-corrected chi connectivity index (χ0v) is 13.0. The standard InChI is InChI=1S/C12H15N4O6P/c1-23(19)20-3-6-8(22-23)7(17)4-2-5-9(14-11(4)21-6)15-12(13)16-10(5)18/h4,6,8,11H,2-3H2,1H3,(H4,13,14,15,16,18)/t4-,6+,8-,11+,23?/m0/s1. The highest BCUT2D eigenvalue weighted by Crippen LogP contribution is 2.51. The summed E-state index contributed by atoms with van der Waals surface area (Å²) in [5, 5.41) is 2.93. The Labute approximate surface area is 130 Å². The van der Waals surface area contributed by atoms with Gasteiger partial charge in [0.15, 0.2) is 11.9 Å². The molecule has 3 aliphatic heterocycles. The van der Waals surface area contributed by atoms with Gasteiger partial charge in [0.1, 0.15) is 18.1 Å². The zero-order valence-electron chi connectivity index (χ0n) is 12.1. The average Bonchev–Trinajstić information content (AvgIpc) is 2.46. The van der Waals surface area contributed by atoms with Gasteiger partial charge in [0.25, 0.3) is 5.56 Å². The summed E-state index contributed by atoms with van der Waals surface area (Å²) in [6.45, 7) is 1.32. The van der Waals surface area contributed by atoms with E-state index in [0.29, 0.717) is 11.4 Å². The monoisotopic (exact) mass is 342 g/mol. The van der Waals surface area contributed by atoms with Gasteiger partial charge < -0.3 is 20.3 Å². The van der Waals surface area contributed by atoms with Gasteiger partial charge in [-0.05, 0) is 6.42 Å². The number of hydrogen-bond donors (Lipinski definition) is 3. The van der Waals surface area contributed by atoms with Gasteiger partial charge in [-0.15, -0.1) is 0 Å². The van der Waals surface area contributed by atoms with Gasteiger partial charge >= 0.3 is 7.60 Å². The molecule has 124 valence electrons. The SMILES string of the molecule is CP1(=O)OC[C@H]2O[C@H]3Nc4nc(N)[nH]c(=O)c4C[C@H]3C(=O)[C@H]2O1. The first kappa shape index (κ1) is 14.8. The summed E-state index contributed by atoms with van der Waals surface area (Å²) in [7, 11) is -3.26. The maximum Gasteiger partial charge on any atom is 0.328 e. The second-order valence-electron chi connectivity index (χ2n) is 5.82. The fraction of sp³-hybridized carbons (Fsp3) is 0.583. The maximum atomic E-state index is 12.7. The third kappa shape index (κ3) is 2.38. The number of nitrogens with one attached hydrogen (secondary N) is 2. The van der Waals surface area contributed by atoms with Crippen LogP contribution >= 0.6 is 7.60 Å². The Balaban J connectivity index is 1.68. The molecule has 1 aromatic heterocycles. The van der Waals surface area contributed by atoms with Crippen molar-refractivity contribution in [3.8, 4) is 0 Å². The number of carbonyl (C=O) groups excluding carboxylic acids is 1. The van der Waals surface area contributed by atoms with E-state index in [4.69, 9.17) is 19.5 Å². The Morgan fingerprint density at radius 1 is 1.39 bits per heavy atom. The van der Waals surface area contributed by atoms with E-state index in [0.717, 1.165) is 0 Å². The molecule has 5 atom stereocenters. The molecule has 0 bridgehead atoms. The maximum absolute atomic E-state index is 12.7. The number of aromatic amines is 1. The van der Waals surface area contributed by atoms with Crippen molar-refractivity contribution in [2.45, 2.75) is 24.9 Å². The van der Waals surface area contributed by atoms with E-state index in [2.05, 4.69) is 15.3 Å². The zero-order chi connectivity index (χ0) is 16.4. The number of hydrogen-bond acceptors (Lipinski definition) is 9. The van der Waals surface area contributed by atoms with Crippen LogP contribution in [-0.2, 0) is 29.6 Å². The second-order valence-corrected chi connectivity index (χ2v) is 7.84. The van der Waals surface area contributed by atoms with Crippen molar-refractivity contribution in [3.63, 3.8) is 0 Å². The van der Waals surface area contributed by atoms with E-state index >= 15 is 0 Å². The van der Waals surface area contributed by atoms with E-state index in [1.54, 1.807) is 0 Å². The number of anilines is 2. The molecular formula is C12H15N4O6P. The molecule has 0 spiro atoms. The molecule has 1 aromatic rings. The quantitative estimate of drug-likeness (QED) is 0.529. The minimum absolute atomic E-state index is 0.00683. The van der Waals surface area contributed by atoms with Crippen LogP contribution in [0.5, 0.6) is 0 Å². The predicted octanol–water partition coefficient (Wildman–Crippen LogP) is -0.531. The van der Waals surface area contributed by atoms with Gasteiger partial charge in [0.2, 0.25) is 5.95 Å². The molecule has 2 fully saturated rings. The molecule has 10 nitrogen and oxygen atoms in total. The van der Waals surface area contributed by atoms with Crippen LogP contribution in [0.25, 0.3) is 0 Å². The Hall–Kier alpha value is -1.74. The summed E-state index contributed by atoms with van der Waals surface area (Å²) in [6, 6.07) is 0. The van der Waals surface area contributed by atoms with E-state index in [1.807, 2.05) is 0 Å². The molecule has 0 radical (unpaired) electrons. The molecule has 0 saturated carbocycles. The Morgan fingerprint density at radius 2 is 2.17 bits per heavy atom. The number of Topliss-reactive ketones (excluding diaryl/α,β-unsaturated/α-hetero) is 1. The van der Waals surface area contributed by atoms with Crippen molar-refractivity contribution >= 4 is 25.1 Å². The van der Waals surface area contributed by atoms with Crippen LogP contribution in [-0.4, -0.2) is 47.5 Å². The summed E-state index contributed by atoms with van der Waals surface area (Å²) in [5.74, 6) is -0.604. The molecule has 0 amide bonds. The number of fused-ring (bicyclic) bond motifs is 3. The number of aromatic nitrogens is 2. The number of nitrogens with two attached hydrogens (primary N) is 1. The largest absolute Gasteiger partial charge is 0.369 e. The number of nitrogens with zero attached hydrogens (tertiary/aromatic N) is 1. The number of carbonyl (C=O) groups is 1. The fourth-order valence-corrected chi connectivity index (χ4v) is 4.24. The first-order valence-electron chi connectivity index (χ1n) is 7.09. The van der Waals surface area contributed by atoms with Crippen LogP contribution in [0.3, 0.4) is 0 Å². The Bertz CT molecular complexity index is 794. The summed E-state index contributed by atoms with van der Waals surface area (Å²) in [5.41, 5.74) is 5.46. The van der Waals surface area contributed by atoms with E-state index < -0.39 is 37.5 Å². The van der Waals surface area contributed by atoms with Crippen LogP contribution in [0.1, 0.15) is 5.56 Å². The normalized spacial score (nSPS) is 38.9. The number of ether oxygens (including phenoxy) is 1. The smallest absolute Gasteiger partial charge is 0.328 e. The van der Waals surface area contributed by atoms with Gasteiger partial charge in [0.05, 0.1) is 18.1 Å². The van der Waals surface area contributed by atoms with Crippen LogP contribution in [0, 0.1) is 5.92 Å². The highest BCUT2D eigenvalue weighted by Gasteiger charge is 2.52. The summed E-state index contributed by atoms with van der Waals surface area (Å²) >= 11 is 0. The molecule has 4 heterocycles. The van der Waals surface area contributed by atoms with Gasteiger partial charge in [-0.1, -0.05) is 0 Å². The fourth-order valence-electron chi connectivity index (χ4n) is 3.11. The van der Waals surface area contributed by atoms with Crippen molar-refractivity contribution in [2.75, 3.05) is 24.3 Å². The molecule has 3 aliphatic rings. The average molecular weight is 342 g/mol. The second kappa shape index (κ2) is 4.88. The molecule has 1 unspecified atom stereocenters. The van der Waals surface area contributed by atoms with Crippen molar-refractivity contribution in [1.29, 1.82) is 0 Å². The lowest BCUT2D eigenvalue weighted by atomic mass is 9.85. The molecule has 0 aromatic carbocycles. The third-order valence-corrected chi connectivity index (χ3v) is 5.41. The van der Waals surface area contributed by atoms with E-state index in [-0.39, 0.29) is 24.8 Å². The van der Waals surface area contributed by atoms with Crippen molar-refractivity contribution < 1.29 is 23.1 Å². The minimum atomic E-state index is -3.26. The number of rotatable bonds is 0. The highest BCUT2D eigenvalue weighted by molar-refractivity contribution is 7.53. The van der Waals surface area contributed by atoms with Crippen LogP contribution in [0.15, 0.2) is 4.79 Å². The summed E-state index contributed by atoms with van der Waals surface area (Å²) in [6.07, 6.45) is -2.12. The van der Waals surface area contributed by atoms with Crippen molar-refractivity contribution in [3.05, 3.63) is 15.9 Å². The van der Waals surface area contributed by atoms with E-state index in [1.165, 1.54) is 6.66 Å². The molecule has 4 N–H and O–H groups in total. The van der Waals surface area contributed by atoms with Gasteiger partial charge in [-0.25, -0.2) is 0 Å². The molecule has 2 saturated heterocycles. The van der Waals surface area contributed by atoms with Crippen LogP contribution < -0.4 is 16.6 Å². The van der Waals surface area contributed by atoms with Gasteiger partial charge in [-0.3, -0.25) is 23.7 Å². The molecule has 23 heavy (non-hydrogen) atoms. The number of H-pyrrole nitrogens is 1. The van der Waals surface area contributed by atoms with E-state index in [9.17, 15) is 14.2 Å². The Kier molecular flexibility index (Phi) is 3.14. The van der Waals surface area contributed by atoms with Gasteiger partial charge in [0, 0.05) is 6.66 Å². The molecule has 11 heteroatoms. The van der Waals surface area contributed by atoms with Crippen molar-refractivity contribution in [1.82, 2.24) is 9.97 Å².